The minimum Gasteiger partial charge on any atom is -0.456 e. The molecule has 0 fully saturated rings. The van der Waals surface area contributed by atoms with Gasteiger partial charge in [0.05, 0.1) is 11.1 Å². The first-order chi connectivity index (χ1) is 16.6. The van der Waals surface area contributed by atoms with Crippen LogP contribution >= 0.6 is 0 Å². The number of allylic oxidation sites excluding steroid dienone is 4. The van der Waals surface area contributed by atoms with Gasteiger partial charge in [-0.25, -0.2) is 22.3 Å². The first-order valence-electron chi connectivity index (χ1n) is 11.1. The van der Waals surface area contributed by atoms with Gasteiger partial charge in [0.25, 0.3) is 0 Å². The van der Waals surface area contributed by atoms with E-state index in [1.54, 1.807) is 39.0 Å². The lowest BCUT2D eigenvalue weighted by Crippen LogP contribution is -2.38. The van der Waals surface area contributed by atoms with E-state index >= 15 is 4.39 Å². The van der Waals surface area contributed by atoms with Gasteiger partial charge in [0, 0.05) is 13.0 Å². The van der Waals surface area contributed by atoms with Gasteiger partial charge in [0.1, 0.15) is 17.0 Å². The van der Waals surface area contributed by atoms with Crippen LogP contribution in [0.1, 0.15) is 54.2 Å². The number of benzene rings is 2. The van der Waals surface area contributed by atoms with Gasteiger partial charge in [-0.2, -0.15) is 13.2 Å². The van der Waals surface area contributed by atoms with Crippen molar-refractivity contribution < 1.29 is 35.5 Å². The van der Waals surface area contributed by atoms with Gasteiger partial charge in [-0.1, -0.05) is 36.4 Å². The first-order valence-corrected chi connectivity index (χ1v) is 12.8. The summed E-state index contributed by atoms with van der Waals surface area (Å²) in [6.45, 7) is 5.12. The van der Waals surface area contributed by atoms with E-state index < -0.39 is 44.8 Å². The molecule has 0 amide bonds. The molecule has 2 aromatic rings. The van der Waals surface area contributed by atoms with Gasteiger partial charge in [-0.3, -0.25) is 0 Å². The third kappa shape index (κ3) is 7.76. The van der Waals surface area contributed by atoms with Crippen molar-refractivity contribution in [3.63, 3.8) is 0 Å². The Morgan fingerprint density at radius 3 is 2.19 bits per heavy atom. The average Bonchev–Trinajstić information content (AvgIpc) is 2.76. The molecular formula is C26H27F4NO4S. The van der Waals surface area contributed by atoms with Crippen LogP contribution in [0.4, 0.5) is 17.6 Å². The van der Waals surface area contributed by atoms with Crippen LogP contribution in [0.5, 0.6) is 0 Å². The third-order valence-electron chi connectivity index (χ3n) is 5.27. The number of ether oxygens (including phenoxy) is 1. The number of hydrogen-bond acceptors (Lipinski definition) is 4. The highest BCUT2D eigenvalue weighted by molar-refractivity contribution is 7.89. The number of alkyl halides is 4. The molecule has 1 aliphatic rings. The van der Waals surface area contributed by atoms with Crippen LogP contribution in [-0.4, -0.2) is 31.4 Å². The second-order valence-electron chi connectivity index (χ2n) is 9.62. The van der Waals surface area contributed by atoms with Crippen molar-refractivity contribution >= 4 is 21.6 Å². The van der Waals surface area contributed by atoms with Crippen molar-refractivity contribution in [2.24, 2.45) is 0 Å². The lowest BCUT2D eigenvalue weighted by atomic mass is 9.88. The van der Waals surface area contributed by atoms with E-state index in [0.717, 1.165) is 18.2 Å². The number of rotatable bonds is 7. The number of nitrogens with one attached hydrogen (secondary N) is 1. The molecule has 10 heteroatoms. The Hall–Kier alpha value is -2.98. The quantitative estimate of drug-likeness (QED) is 0.365. The maximum absolute atomic E-state index is 15.5. The third-order valence-corrected chi connectivity index (χ3v) is 6.72. The fraction of sp³-hybridized carbons (Fsp3) is 0.346. The van der Waals surface area contributed by atoms with Crippen molar-refractivity contribution in [3.8, 4) is 0 Å². The topological polar surface area (TPSA) is 72.5 Å². The molecule has 0 bridgehead atoms. The molecule has 1 unspecified atom stereocenters. The summed E-state index contributed by atoms with van der Waals surface area (Å²) in [4.78, 5) is 12.1. The highest BCUT2D eigenvalue weighted by Crippen LogP contribution is 2.35. The monoisotopic (exact) mass is 525 g/mol. The van der Waals surface area contributed by atoms with Gasteiger partial charge >= 0.3 is 12.1 Å². The van der Waals surface area contributed by atoms with E-state index in [0.29, 0.717) is 22.3 Å². The predicted octanol–water partition coefficient (Wildman–Crippen LogP) is 5.83. The fourth-order valence-electron chi connectivity index (χ4n) is 3.60. The van der Waals surface area contributed by atoms with Crippen LogP contribution < -0.4 is 4.72 Å². The minimum absolute atomic E-state index is 0.113. The maximum atomic E-state index is 15.5. The zero-order valence-electron chi connectivity index (χ0n) is 20.0. The van der Waals surface area contributed by atoms with Crippen LogP contribution in [0.2, 0.25) is 0 Å². The molecule has 1 N–H and O–H groups in total. The Labute approximate surface area is 207 Å². The Morgan fingerprint density at radius 1 is 1.03 bits per heavy atom. The average molecular weight is 526 g/mol. The predicted molar refractivity (Wildman–Crippen MR) is 129 cm³/mol. The summed E-state index contributed by atoms with van der Waals surface area (Å²) in [5.41, 5.74) is -2.07. The summed E-state index contributed by atoms with van der Waals surface area (Å²) in [7, 11) is -4.06. The number of halogens is 4. The second kappa shape index (κ2) is 10.2. The number of sulfonamides is 1. The van der Waals surface area contributed by atoms with Gasteiger partial charge in [-0.15, -0.1) is 0 Å². The van der Waals surface area contributed by atoms with E-state index in [4.69, 9.17) is 4.74 Å². The standard InChI is InChI=1S/C26H27F4NO4S/c1-24(2,3)35-23(32)20-8-6-18(7-9-20)16-31-36(33,34)17-25(27)14-4-5-21(15-25)19-10-12-22(13-11-19)26(28,29)30/h4-14,31H,15-17H2,1-3H3. The SMILES string of the molecule is CC(C)(C)OC(=O)c1ccc(CNS(=O)(=O)CC2(F)C=CC=C(c3ccc(C(F)(F)F)cc3)C2)cc1. The Balaban J connectivity index is 1.61. The van der Waals surface area contributed by atoms with Gasteiger partial charge in [0.15, 0.2) is 0 Å². The van der Waals surface area contributed by atoms with Crippen molar-refractivity contribution in [1.82, 2.24) is 4.72 Å². The first kappa shape index (κ1) is 27.6. The summed E-state index contributed by atoms with van der Waals surface area (Å²) in [5, 5.41) is 0. The molecule has 36 heavy (non-hydrogen) atoms. The molecular weight excluding hydrogens is 498 g/mol. The molecule has 0 saturated heterocycles. The molecule has 1 aliphatic carbocycles. The van der Waals surface area contributed by atoms with Crippen LogP contribution in [0.15, 0.2) is 66.8 Å². The smallest absolute Gasteiger partial charge is 0.416 e. The van der Waals surface area contributed by atoms with E-state index in [9.17, 15) is 26.4 Å². The van der Waals surface area contributed by atoms with Crippen LogP contribution in [-0.2, 0) is 27.5 Å². The van der Waals surface area contributed by atoms with Crippen molar-refractivity contribution in [3.05, 3.63) is 89.0 Å². The Bertz CT molecular complexity index is 1260. The van der Waals surface area contributed by atoms with Crippen LogP contribution in [0, 0.1) is 0 Å². The summed E-state index contributed by atoms with van der Waals surface area (Å²) in [6, 6.07) is 10.4. The zero-order chi connectivity index (χ0) is 26.8. The molecule has 0 aromatic heterocycles. The summed E-state index contributed by atoms with van der Waals surface area (Å²) in [5.74, 6) is -1.36. The Kier molecular flexibility index (Phi) is 7.80. The second-order valence-corrected chi connectivity index (χ2v) is 11.4. The lowest BCUT2D eigenvalue weighted by molar-refractivity contribution is -0.137. The molecule has 194 valence electrons. The molecule has 0 heterocycles. The normalized spacial score (nSPS) is 18.6. The van der Waals surface area contributed by atoms with Crippen LogP contribution in [0.25, 0.3) is 5.57 Å². The molecule has 0 radical (unpaired) electrons. The van der Waals surface area contributed by atoms with Gasteiger partial charge in [0.2, 0.25) is 10.0 Å². The summed E-state index contributed by atoms with van der Waals surface area (Å²) < 4.78 is 86.7. The molecule has 0 aliphatic heterocycles. The molecule has 0 saturated carbocycles. The number of carbonyl (C=O) groups excluding carboxylic acids is 1. The molecule has 5 nitrogen and oxygen atoms in total. The summed E-state index contributed by atoms with van der Waals surface area (Å²) >= 11 is 0. The van der Waals surface area contributed by atoms with Crippen molar-refractivity contribution in [2.45, 2.75) is 51.2 Å². The highest BCUT2D eigenvalue weighted by atomic mass is 32.2. The Morgan fingerprint density at radius 2 is 1.64 bits per heavy atom. The van der Waals surface area contributed by atoms with Gasteiger partial charge < -0.3 is 4.74 Å². The van der Waals surface area contributed by atoms with Crippen molar-refractivity contribution in [1.29, 1.82) is 0 Å². The van der Waals surface area contributed by atoms with E-state index in [1.165, 1.54) is 30.3 Å². The zero-order valence-corrected chi connectivity index (χ0v) is 20.8. The highest BCUT2D eigenvalue weighted by Gasteiger charge is 2.36. The van der Waals surface area contributed by atoms with Crippen LogP contribution in [0.3, 0.4) is 0 Å². The van der Waals surface area contributed by atoms with E-state index in [2.05, 4.69) is 4.72 Å². The largest absolute Gasteiger partial charge is 0.456 e. The molecule has 2 aromatic carbocycles. The van der Waals surface area contributed by atoms with E-state index in [-0.39, 0.29) is 13.0 Å². The van der Waals surface area contributed by atoms with Crippen molar-refractivity contribution in [2.75, 3.05) is 5.75 Å². The molecule has 0 spiro atoms. The number of esters is 1. The fourth-order valence-corrected chi connectivity index (χ4v) is 4.92. The molecule has 3 rings (SSSR count). The molecule has 1 atom stereocenters. The van der Waals surface area contributed by atoms with Gasteiger partial charge in [-0.05, 0) is 67.8 Å². The number of hydrogen-bond donors (Lipinski definition) is 1. The number of carbonyl (C=O) groups is 1. The summed E-state index contributed by atoms with van der Waals surface area (Å²) in [6.07, 6.45) is -0.747. The lowest BCUT2D eigenvalue weighted by Gasteiger charge is -2.26. The van der Waals surface area contributed by atoms with E-state index in [1.807, 2.05) is 0 Å². The minimum atomic E-state index is -4.49. The maximum Gasteiger partial charge on any atom is 0.416 e.